The van der Waals surface area contributed by atoms with E-state index in [9.17, 15) is 9.59 Å². The maximum atomic E-state index is 12.9. The molecule has 0 aliphatic carbocycles. The first-order valence-electron chi connectivity index (χ1n) is 12.8. The molecule has 7 heteroatoms. The van der Waals surface area contributed by atoms with Crippen molar-refractivity contribution in [2.24, 2.45) is 0 Å². The zero-order valence-electron chi connectivity index (χ0n) is 20.9. The van der Waals surface area contributed by atoms with E-state index in [0.717, 1.165) is 67.9 Å². The van der Waals surface area contributed by atoms with Crippen molar-refractivity contribution < 1.29 is 14.3 Å². The molecule has 0 aromatic heterocycles. The number of piperazine rings is 1. The van der Waals surface area contributed by atoms with Crippen molar-refractivity contribution in [1.29, 1.82) is 0 Å². The van der Waals surface area contributed by atoms with Gasteiger partial charge in [0, 0.05) is 51.4 Å². The molecule has 35 heavy (non-hydrogen) atoms. The molecule has 0 unspecified atom stereocenters. The highest BCUT2D eigenvalue weighted by molar-refractivity contribution is 5.79. The molecule has 2 heterocycles. The van der Waals surface area contributed by atoms with Crippen LogP contribution in [-0.4, -0.2) is 79.4 Å². The predicted octanol–water partition coefficient (Wildman–Crippen LogP) is 2.68. The molecule has 0 bridgehead atoms. The third-order valence-electron chi connectivity index (χ3n) is 6.75. The monoisotopic (exact) mass is 478 g/mol. The first-order valence-corrected chi connectivity index (χ1v) is 12.8. The fourth-order valence-electron chi connectivity index (χ4n) is 4.67. The van der Waals surface area contributed by atoms with Gasteiger partial charge in [-0.3, -0.25) is 14.5 Å². The van der Waals surface area contributed by atoms with E-state index in [1.807, 2.05) is 35.2 Å². The summed E-state index contributed by atoms with van der Waals surface area (Å²) in [6.07, 6.45) is 3.30. The van der Waals surface area contributed by atoms with Crippen molar-refractivity contribution in [2.45, 2.75) is 38.8 Å². The van der Waals surface area contributed by atoms with Crippen LogP contribution in [0.25, 0.3) is 0 Å². The van der Waals surface area contributed by atoms with Gasteiger partial charge >= 0.3 is 0 Å². The summed E-state index contributed by atoms with van der Waals surface area (Å²) in [5, 5.41) is 3.06. The van der Waals surface area contributed by atoms with Crippen molar-refractivity contribution in [1.82, 2.24) is 20.0 Å². The van der Waals surface area contributed by atoms with E-state index in [-0.39, 0.29) is 11.8 Å². The van der Waals surface area contributed by atoms with Crippen LogP contribution in [0.4, 0.5) is 0 Å². The van der Waals surface area contributed by atoms with E-state index in [1.54, 1.807) is 0 Å². The maximum Gasteiger partial charge on any atom is 0.234 e. The van der Waals surface area contributed by atoms with Gasteiger partial charge in [-0.25, -0.2) is 0 Å². The first kappa shape index (κ1) is 25.2. The molecule has 0 saturated carbocycles. The molecule has 1 N–H and O–H groups in total. The smallest absolute Gasteiger partial charge is 0.234 e. The summed E-state index contributed by atoms with van der Waals surface area (Å²) in [4.78, 5) is 32.0. The van der Waals surface area contributed by atoms with Crippen molar-refractivity contribution in [3.63, 3.8) is 0 Å². The number of amides is 2. The lowest BCUT2D eigenvalue weighted by atomic mass is 10.0. The minimum atomic E-state index is 0.0454. The summed E-state index contributed by atoms with van der Waals surface area (Å²) in [6, 6.07) is 16.3. The molecular weight excluding hydrogens is 440 g/mol. The van der Waals surface area contributed by atoms with Crippen LogP contribution in [0.3, 0.4) is 0 Å². The van der Waals surface area contributed by atoms with Gasteiger partial charge in [-0.2, -0.15) is 0 Å². The second kappa shape index (κ2) is 12.7. The van der Waals surface area contributed by atoms with E-state index in [2.05, 4.69) is 40.4 Å². The first-order chi connectivity index (χ1) is 17.1. The van der Waals surface area contributed by atoms with E-state index >= 15 is 0 Å². The van der Waals surface area contributed by atoms with E-state index in [1.165, 1.54) is 0 Å². The molecule has 2 amide bonds. The molecule has 2 aliphatic rings. The Morgan fingerprint density at radius 1 is 0.943 bits per heavy atom. The third kappa shape index (κ3) is 7.80. The fourth-order valence-corrected chi connectivity index (χ4v) is 4.67. The summed E-state index contributed by atoms with van der Waals surface area (Å²) in [5.74, 6) is 1.06. The number of benzene rings is 2. The number of fused-ring (bicyclic) bond motifs is 1. The number of carbonyl (C=O) groups excluding carboxylic acids is 2. The average Bonchev–Trinajstić information content (AvgIpc) is 2.86. The number of hydrogen-bond acceptors (Lipinski definition) is 5. The van der Waals surface area contributed by atoms with Crippen molar-refractivity contribution in [3.05, 3.63) is 65.2 Å². The highest BCUT2D eigenvalue weighted by Gasteiger charge is 2.21. The zero-order valence-corrected chi connectivity index (χ0v) is 20.9. The van der Waals surface area contributed by atoms with Crippen LogP contribution in [0.15, 0.2) is 48.5 Å². The van der Waals surface area contributed by atoms with Gasteiger partial charge in [0.05, 0.1) is 19.6 Å². The van der Waals surface area contributed by atoms with Gasteiger partial charge in [0.25, 0.3) is 0 Å². The lowest BCUT2D eigenvalue weighted by Gasteiger charge is -2.32. The van der Waals surface area contributed by atoms with Crippen LogP contribution in [0.1, 0.15) is 36.0 Å². The Labute approximate surface area is 209 Å². The van der Waals surface area contributed by atoms with Crippen molar-refractivity contribution in [2.75, 3.05) is 52.9 Å². The molecule has 0 atom stereocenters. The Balaban J connectivity index is 1.53. The molecule has 2 aromatic carbocycles. The quantitative estimate of drug-likeness (QED) is 0.732. The molecule has 2 aromatic rings. The minimum Gasteiger partial charge on any atom is -0.493 e. The van der Waals surface area contributed by atoms with Crippen LogP contribution in [0.5, 0.6) is 5.75 Å². The highest BCUT2D eigenvalue weighted by atomic mass is 16.5. The summed E-state index contributed by atoms with van der Waals surface area (Å²) >= 11 is 0. The number of nitrogens with one attached hydrogen (secondary N) is 1. The molecule has 4 rings (SSSR count). The van der Waals surface area contributed by atoms with E-state index < -0.39 is 0 Å². The molecule has 0 radical (unpaired) electrons. The largest absolute Gasteiger partial charge is 0.493 e. The second-order valence-corrected chi connectivity index (χ2v) is 9.69. The van der Waals surface area contributed by atoms with Gasteiger partial charge in [0.1, 0.15) is 5.75 Å². The maximum absolute atomic E-state index is 12.9. The van der Waals surface area contributed by atoms with Gasteiger partial charge in [-0.1, -0.05) is 42.5 Å². The Hall–Kier alpha value is -2.90. The highest BCUT2D eigenvalue weighted by Crippen LogP contribution is 2.24. The topological polar surface area (TPSA) is 65.1 Å². The van der Waals surface area contributed by atoms with Gasteiger partial charge in [0.15, 0.2) is 0 Å². The molecule has 7 nitrogen and oxygen atoms in total. The average molecular weight is 479 g/mol. The molecular formula is C28H38N4O3. The molecule has 188 valence electrons. The Morgan fingerprint density at radius 2 is 1.74 bits per heavy atom. The summed E-state index contributed by atoms with van der Waals surface area (Å²) in [5.41, 5.74) is 3.18. The Morgan fingerprint density at radius 3 is 2.54 bits per heavy atom. The van der Waals surface area contributed by atoms with Crippen LogP contribution < -0.4 is 10.1 Å². The van der Waals surface area contributed by atoms with Crippen LogP contribution in [0.2, 0.25) is 0 Å². The van der Waals surface area contributed by atoms with Gasteiger partial charge in [0.2, 0.25) is 11.8 Å². The Kier molecular flexibility index (Phi) is 9.15. The molecule has 2 aliphatic heterocycles. The van der Waals surface area contributed by atoms with Crippen LogP contribution >= 0.6 is 0 Å². The number of carbonyl (C=O) groups is 2. The minimum absolute atomic E-state index is 0.0454. The van der Waals surface area contributed by atoms with Crippen molar-refractivity contribution in [3.8, 4) is 5.75 Å². The van der Waals surface area contributed by atoms with Gasteiger partial charge in [-0.05, 0) is 43.5 Å². The van der Waals surface area contributed by atoms with E-state index in [0.29, 0.717) is 39.2 Å². The van der Waals surface area contributed by atoms with Crippen molar-refractivity contribution >= 4 is 11.8 Å². The van der Waals surface area contributed by atoms with Gasteiger partial charge < -0.3 is 19.9 Å². The number of nitrogens with zero attached hydrogens (tertiary/aromatic N) is 3. The molecule has 0 spiro atoms. The van der Waals surface area contributed by atoms with Crippen LogP contribution in [-0.2, 0) is 29.1 Å². The lowest BCUT2D eigenvalue weighted by molar-refractivity contribution is -0.132. The number of hydrogen-bond donors (Lipinski definition) is 1. The lowest BCUT2D eigenvalue weighted by Crippen LogP contribution is -2.47. The zero-order chi connectivity index (χ0) is 24.5. The molecule has 1 saturated heterocycles. The number of ether oxygens (including phenoxy) is 1. The summed E-state index contributed by atoms with van der Waals surface area (Å²) in [7, 11) is 2.09. The SMILES string of the molecule is CN1CCN(C(=O)Cc2ccc3c(c2)CN(Cc2ccccc2)CC(=O)NCCCCCO3)CC1. The third-order valence-corrected chi connectivity index (χ3v) is 6.75. The van der Waals surface area contributed by atoms with E-state index in [4.69, 9.17) is 4.74 Å². The van der Waals surface area contributed by atoms with Crippen LogP contribution in [0, 0.1) is 0 Å². The Bertz CT molecular complexity index is 973. The number of rotatable bonds is 4. The summed E-state index contributed by atoms with van der Waals surface area (Å²) < 4.78 is 6.18. The molecule has 1 fully saturated rings. The fraction of sp³-hybridized carbons (Fsp3) is 0.500. The second-order valence-electron chi connectivity index (χ2n) is 9.69. The normalized spacial score (nSPS) is 18.9. The standard InChI is InChI=1S/C28H38N4O3/c1-30-13-15-32(16-14-30)28(34)19-24-10-11-26-25(18-24)21-31(20-23-8-4-2-5-9-23)22-27(33)29-12-6-3-7-17-35-26/h2,4-5,8-11,18H,3,6-7,12-17,19-22H2,1H3,(H,29,33). The predicted molar refractivity (Wildman–Crippen MR) is 137 cm³/mol. The van der Waals surface area contributed by atoms with Gasteiger partial charge in [-0.15, -0.1) is 0 Å². The summed E-state index contributed by atoms with van der Waals surface area (Å²) in [6.45, 7) is 6.31. The number of likely N-dealkylation sites (N-methyl/N-ethyl adjacent to an activating group) is 1.